The van der Waals surface area contributed by atoms with Crippen molar-refractivity contribution in [3.63, 3.8) is 0 Å². The van der Waals surface area contributed by atoms with Crippen LogP contribution in [0.4, 0.5) is 0 Å². The number of pyridine rings is 1. The second-order valence-corrected chi connectivity index (χ2v) is 7.82. The molecule has 1 unspecified atom stereocenters. The molecule has 29 heavy (non-hydrogen) atoms. The zero-order valence-electron chi connectivity index (χ0n) is 16.3. The van der Waals surface area contributed by atoms with Crippen LogP contribution in [0.2, 0.25) is 0 Å². The highest BCUT2D eigenvalue weighted by Crippen LogP contribution is 2.33. The van der Waals surface area contributed by atoms with Crippen molar-refractivity contribution < 1.29 is 19.5 Å². The van der Waals surface area contributed by atoms with Crippen LogP contribution in [0, 0.1) is 12.8 Å². The average molecular weight is 393 g/mol. The SMILES string of the molecule is Cc1ccc(C(C(=O)O)N2C(=O)[C@@H](C3Cc4ccccc4C3)NC(=O)[C@H]2C)cn1. The maximum absolute atomic E-state index is 13.4. The molecule has 1 aliphatic heterocycles. The van der Waals surface area contributed by atoms with Gasteiger partial charge < -0.3 is 15.3 Å². The number of nitrogens with zero attached hydrogens (tertiary/aromatic N) is 2. The number of hydrogen-bond acceptors (Lipinski definition) is 4. The molecule has 0 spiro atoms. The number of carboxylic acids is 1. The third-order valence-corrected chi connectivity index (χ3v) is 5.93. The van der Waals surface area contributed by atoms with E-state index in [9.17, 15) is 19.5 Å². The van der Waals surface area contributed by atoms with Crippen LogP contribution in [0.3, 0.4) is 0 Å². The van der Waals surface area contributed by atoms with Gasteiger partial charge in [0.1, 0.15) is 12.1 Å². The Balaban J connectivity index is 1.67. The number of rotatable bonds is 4. The summed E-state index contributed by atoms with van der Waals surface area (Å²) >= 11 is 0. The number of aromatic nitrogens is 1. The Labute approximate surface area is 168 Å². The van der Waals surface area contributed by atoms with Crippen molar-refractivity contribution in [2.24, 2.45) is 5.92 Å². The fraction of sp³-hybridized carbons (Fsp3) is 0.364. The summed E-state index contributed by atoms with van der Waals surface area (Å²) in [5.41, 5.74) is 3.46. The third-order valence-electron chi connectivity index (χ3n) is 5.93. The Bertz CT molecular complexity index is 947. The second-order valence-electron chi connectivity index (χ2n) is 7.82. The molecule has 2 N–H and O–H groups in total. The number of benzene rings is 1. The van der Waals surface area contributed by atoms with E-state index in [1.54, 1.807) is 26.0 Å². The van der Waals surface area contributed by atoms with Crippen LogP contribution in [0.1, 0.15) is 35.3 Å². The van der Waals surface area contributed by atoms with E-state index in [-0.39, 0.29) is 17.7 Å². The lowest BCUT2D eigenvalue weighted by atomic mass is 9.90. The molecule has 150 valence electrons. The predicted octanol–water partition coefficient (Wildman–Crippen LogP) is 1.65. The molecule has 0 radical (unpaired) electrons. The summed E-state index contributed by atoms with van der Waals surface area (Å²) < 4.78 is 0. The van der Waals surface area contributed by atoms with Crippen molar-refractivity contribution in [1.29, 1.82) is 0 Å². The van der Waals surface area contributed by atoms with E-state index in [0.29, 0.717) is 18.4 Å². The van der Waals surface area contributed by atoms with E-state index >= 15 is 0 Å². The topological polar surface area (TPSA) is 99.6 Å². The van der Waals surface area contributed by atoms with Crippen molar-refractivity contribution in [2.45, 2.75) is 44.8 Å². The van der Waals surface area contributed by atoms with Crippen LogP contribution in [0.15, 0.2) is 42.6 Å². The van der Waals surface area contributed by atoms with Gasteiger partial charge in [-0.05, 0) is 49.8 Å². The zero-order valence-corrected chi connectivity index (χ0v) is 16.3. The van der Waals surface area contributed by atoms with Crippen molar-refractivity contribution in [3.8, 4) is 0 Å². The van der Waals surface area contributed by atoms with E-state index in [1.165, 1.54) is 22.2 Å². The van der Waals surface area contributed by atoms with Crippen LogP contribution in [0.25, 0.3) is 0 Å². The van der Waals surface area contributed by atoms with E-state index in [2.05, 4.69) is 10.3 Å². The fourth-order valence-electron chi connectivity index (χ4n) is 4.38. The molecule has 2 aromatic rings. The van der Waals surface area contributed by atoms with Crippen molar-refractivity contribution in [2.75, 3.05) is 0 Å². The highest BCUT2D eigenvalue weighted by atomic mass is 16.4. The Morgan fingerprint density at radius 3 is 2.38 bits per heavy atom. The Kier molecular flexibility index (Phi) is 4.82. The normalized spacial score (nSPS) is 22.9. The molecule has 1 aromatic heterocycles. The molecular formula is C22H23N3O4. The zero-order chi connectivity index (χ0) is 20.7. The van der Waals surface area contributed by atoms with Gasteiger partial charge in [0, 0.05) is 17.5 Å². The lowest BCUT2D eigenvalue weighted by Gasteiger charge is -2.42. The number of aliphatic carboxylic acids is 1. The van der Waals surface area contributed by atoms with E-state index < -0.39 is 24.1 Å². The predicted molar refractivity (Wildman–Crippen MR) is 105 cm³/mol. The summed E-state index contributed by atoms with van der Waals surface area (Å²) in [4.78, 5) is 43.6. The lowest BCUT2D eigenvalue weighted by Crippen LogP contribution is -2.65. The number of carboxylic acid groups (broad SMARTS) is 1. The number of carbonyl (C=O) groups is 3. The molecule has 7 nitrogen and oxygen atoms in total. The minimum Gasteiger partial charge on any atom is -0.479 e. The summed E-state index contributed by atoms with van der Waals surface area (Å²) in [5, 5.41) is 12.7. The van der Waals surface area contributed by atoms with Crippen molar-refractivity contribution >= 4 is 17.8 Å². The maximum atomic E-state index is 13.4. The molecule has 1 aliphatic carbocycles. The fourth-order valence-corrected chi connectivity index (χ4v) is 4.38. The number of nitrogens with one attached hydrogen (secondary N) is 1. The summed E-state index contributed by atoms with van der Waals surface area (Å²) in [5.74, 6) is -1.97. The van der Waals surface area contributed by atoms with Gasteiger partial charge >= 0.3 is 5.97 Å². The van der Waals surface area contributed by atoms with Crippen LogP contribution >= 0.6 is 0 Å². The van der Waals surface area contributed by atoms with Gasteiger partial charge in [-0.2, -0.15) is 0 Å². The first kappa shape index (κ1) is 19.1. The van der Waals surface area contributed by atoms with Gasteiger partial charge in [-0.25, -0.2) is 4.79 Å². The van der Waals surface area contributed by atoms with Crippen molar-refractivity contribution in [3.05, 3.63) is 65.0 Å². The number of hydrogen-bond donors (Lipinski definition) is 2. The number of amides is 2. The largest absolute Gasteiger partial charge is 0.479 e. The number of carbonyl (C=O) groups excluding carboxylic acids is 2. The van der Waals surface area contributed by atoms with E-state index in [4.69, 9.17) is 0 Å². The first-order chi connectivity index (χ1) is 13.9. The number of fused-ring (bicyclic) bond motifs is 1. The second kappa shape index (κ2) is 7.31. The van der Waals surface area contributed by atoms with Gasteiger partial charge in [-0.1, -0.05) is 30.3 Å². The monoisotopic (exact) mass is 393 g/mol. The molecule has 3 atom stereocenters. The summed E-state index contributed by atoms with van der Waals surface area (Å²) in [7, 11) is 0. The van der Waals surface area contributed by atoms with Gasteiger partial charge in [0.15, 0.2) is 6.04 Å². The Hall–Kier alpha value is -3.22. The quantitative estimate of drug-likeness (QED) is 0.823. The smallest absolute Gasteiger partial charge is 0.331 e. The van der Waals surface area contributed by atoms with Gasteiger partial charge in [-0.3, -0.25) is 14.6 Å². The van der Waals surface area contributed by atoms with Crippen LogP contribution in [0.5, 0.6) is 0 Å². The highest BCUT2D eigenvalue weighted by Gasteiger charge is 2.48. The minimum absolute atomic E-state index is 0.0931. The maximum Gasteiger partial charge on any atom is 0.331 e. The number of piperazine rings is 1. The summed E-state index contributed by atoms with van der Waals surface area (Å²) in [6.07, 6.45) is 2.82. The third kappa shape index (κ3) is 3.37. The molecular weight excluding hydrogens is 370 g/mol. The molecule has 1 aromatic carbocycles. The van der Waals surface area contributed by atoms with Gasteiger partial charge in [-0.15, -0.1) is 0 Å². The molecule has 0 saturated carbocycles. The Morgan fingerprint density at radius 2 is 1.83 bits per heavy atom. The van der Waals surface area contributed by atoms with Crippen LogP contribution < -0.4 is 5.32 Å². The first-order valence-corrected chi connectivity index (χ1v) is 9.71. The van der Waals surface area contributed by atoms with E-state index in [1.807, 2.05) is 24.3 Å². The standard InChI is InChI=1S/C22H23N3O4/c1-12-7-8-16(11-23-12)19(22(28)29)25-13(2)20(26)24-18(21(25)27)17-9-14-5-3-4-6-15(14)10-17/h3-8,11,13,17-19H,9-10H2,1-2H3,(H,24,26)(H,28,29)/t13-,18-,19?/m1/s1. The molecule has 1 saturated heterocycles. The molecule has 2 aliphatic rings. The lowest BCUT2D eigenvalue weighted by molar-refractivity contribution is -0.161. The molecule has 2 heterocycles. The summed E-state index contributed by atoms with van der Waals surface area (Å²) in [6, 6.07) is 8.44. The minimum atomic E-state index is -1.26. The molecule has 4 rings (SSSR count). The van der Waals surface area contributed by atoms with Gasteiger partial charge in [0.2, 0.25) is 11.8 Å². The van der Waals surface area contributed by atoms with Crippen molar-refractivity contribution in [1.82, 2.24) is 15.2 Å². The highest BCUT2D eigenvalue weighted by molar-refractivity contribution is 5.99. The first-order valence-electron chi connectivity index (χ1n) is 9.71. The number of aryl methyl sites for hydroxylation is 1. The van der Waals surface area contributed by atoms with E-state index in [0.717, 1.165) is 5.69 Å². The Morgan fingerprint density at radius 1 is 1.17 bits per heavy atom. The molecule has 2 amide bonds. The average Bonchev–Trinajstić information content (AvgIpc) is 3.12. The molecule has 7 heteroatoms. The molecule has 0 bridgehead atoms. The van der Waals surface area contributed by atoms with Gasteiger partial charge in [0.05, 0.1) is 0 Å². The van der Waals surface area contributed by atoms with Gasteiger partial charge in [0.25, 0.3) is 0 Å². The summed E-state index contributed by atoms with van der Waals surface area (Å²) in [6.45, 7) is 3.36. The van der Waals surface area contributed by atoms with Crippen LogP contribution in [-0.4, -0.2) is 44.9 Å². The molecule has 1 fully saturated rings. The van der Waals surface area contributed by atoms with Crippen LogP contribution in [-0.2, 0) is 27.2 Å².